The molecule has 59 heavy (non-hydrogen) atoms. The van der Waals surface area contributed by atoms with Crippen LogP contribution in [0.25, 0.3) is 0 Å². The molecule has 2 bridgehead atoms. The van der Waals surface area contributed by atoms with Crippen LogP contribution in [0.2, 0.25) is 0 Å². The number of halogens is 2. The Hall–Kier alpha value is -4.26. The highest BCUT2D eigenvalue weighted by atomic mass is 19.3. The first-order valence-corrected chi connectivity index (χ1v) is 21.0. The summed E-state index contributed by atoms with van der Waals surface area (Å²) in [7, 11) is 0. The number of fused-ring (bicyclic) bond motifs is 2. The van der Waals surface area contributed by atoms with Crippen molar-refractivity contribution >= 4 is 23.9 Å². The first kappa shape index (κ1) is 45.8. The molecule has 322 valence electrons. The van der Waals surface area contributed by atoms with E-state index in [0.717, 1.165) is 35.8 Å². The number of hydrogen-bond acceptors (Lipinski definition) is 10. The standard InChI is InChI=1S/C45H61F2N5O7/c1-32(2)42(48)52(39-30-37-11-12-38(31-39)50-37)43(49)35-9-13-40(14-10-35)59-29-28-58-27-26-57-25-24-56-23-22-55-21-3-4-33-5-7-34(8-6-33)41(17-20-53)51-44(54)36-15-18-45(46,47)19-16-36/h5-10,13-14,20,32,36-39,41,48-50H,11-12,15-19,21-31H2,1-2H3,(H,51,54)/t37?,38?,39?,41-/m0/s1. The third-order valence-electron chi connectivity index (χ3n) is 11.1. The Balaban J connectivity index is 0.862. The number of nitrogens with one attached hydrogen (secondary N) is 4. The van der Waals surface area contributed by atoms with Crippen LogP contribution in [-0.4, -0.2) is 112 Å². The fraction of sp³-hybridized carbons (Fsp3) is 0.600. The highest BCUT2D eigenvalue weighted by Gasteiger charge is 2.39. The van der Waals surface area contributed by atoms with Gasteiger partial charge in [-0.3, -0.25) is 15.6 Å². The number of amidine groups is 2. The molecule has 5 rings (SSSR count). The van der Waals surface area contributed by atoms with Crippen molar-refractivity contribution in [2.75, 3.05) is 59.5 Å². The van der Waals surface area contributed by atoms with Crippen molar-refractivity contribution in [3.63, 3.8) is 0 Å². The maximum absolute atomic E-state index is 13.5. The summed E-state index contributed by atoms with van der Waals surface area (Å²) in [6.45, 7) is 7.57. The number of benzene rings is 2. The number of carbonyl (C=O) groups excluding carboxylic acids is 2. The second-order valence-electron chi connectivity index (χ2n) is 15.8. The summed E-state index contributed by atoms with van der Waals surface area (Å²) in [5, 5.41) is 24.4. The van der Waals surface area contributed by atoms with E-state index in [0.29, 0.717) is 82.4 Å². The van der Waals surface area contributed by atoms with E-state index in [1.807, 2.05) is 43.0 Å². The van der Waals surface area contributed by atoms with Crippen LogP contribution in [0.15, 0.2) is 48.5 Å². The van der Waals surface area contributed by atoms with Gasteiger partial charge in [-0.1, -0.05) is 37.8 Å². The lowest BCUT2D eigenvalue weighted by Crippen LogP contribution is -2.53. The highest BCUT2D eigenvalue weighted by molar-refractivity contribution is 6.07. The molecule has 3 fully saturated rings. The molecule has 0 radical (unpaired) electrons. The van der Waals surface area contributed by atoms with Crippen LogP contribution in [0.5, 0.6) is 5.75 Å². The number of nitrogens with zero attached hydrogens (tertiary/aromatic N) is 1. The molecular weight excluding hydrogens is 761 g/mol. The fourth-order valence-corrected chi connectivity index (χ4v) is 7.77. The van der Waals surface area contributed by atoms with E-state index >= 15 is 0 Å². The van der Waals surface area contributed by atoms with E-state index in [2.05, 4.69) is 22.5 Å². The molecule has 1 amide bonds. The Morgan fingerprint density at radius 1 is 0.864 bits per heavy atom. The topological polar surface area (TPSA) is 155 Å². The second-order valence-corrected chi connectivity index (χ2v) is 15.8. The van der Waals surface area contributed by atoms with Crippen LogP contribution in [0.1, 0.15) is 94.4 Å². The second kappa shape index (κ2) is 23.5. The molecule has 1 aliphatic carbocycles. The summed E-state index contributed by atoms with van der Waals surface area (Å²) in [5.74, 6) is 4.12. The molecule has 4 N–H and O–H groups in total. The molecule has 2 unspecified atom stereocenters. The van der Waals surface area contributed by atoms with Crippen molar-refractivity contribution in [2.24, 2.45) is 11.8 Å². The van der Waals surface area contributed by atoms with Gasteiger partial charge in [0, 0.05) is 60.4 Å². The molecule has 0 spiro atoms. The number of carbonyl (C=O) groups is 2. The quantitative estimate of drug-likeness (QED) is 0.0352. The number of rotatable bonds is 22. The molecule has 2 heterocycles. The number of piperidine rings is 1. The van der Waals surface area contributed by atoms with Gasteiger partial charge in [0.1, 0.15) is 36.9 Å². The van der Waals surface area contributed by atoms with Crippen molar-refractivity contribution in [2.45, 2.75) is 102 Å². The summed E-state index contributed by atoms with van der Waals surface area (Å²) in [4.78, 5) is 25.9. The molecule has 14 heteroatoms. The largest absolute Gasteiger partial charge is 0.491 e. The number of aldehydes is 1. The molecular formula is C45H61F2N5O7. The third kappa shape index (κ3) is 14.8. The Morgan fingerprint density at radius 2 is 1.44 bits per heavy atom. The zero-order valence-electron chi connectivity index (χ0n) is 34.4. The van der Waals surface area contributed by atoms with Crippen LogP contribution in [0.4, 0.5) is 8.78 Å². The minimum absolute atomic E-state index is 0.0372. The van der Waals surface area contributed by atoms with Gasteiger partial charge >= 0.3 is 0 Å². The zero-order chi connectivity index (χ0) is 42.0. The summed E-state index contributed by atoms with van der Waals surface area (Å²) in [5.41, 5.74) is 2.27. The van der Waals surface area contributed by atoms with Gasteiger partial charge in [-0.05, 0) is 80.5 Å². The SMILES string of the molecule is CC(C)C(=N)N(C(=N)c1ccc(OCCOCCOCCOCCOCC#Cc2ccc([C@H](CC=O)NC(=O)C3CCC(F)(F)CC3)cc2)cc1)C1CC2CCC(C1)N2. The minimum atomic E-state index is -2.70. The van der Waals surface area contributed by atoms with Gasteiger partial charge in [-0.15, -0.1) is 0 Å². The molecule has 2 aromatic carbocycles. The van der Waals surface area contributed by atoms with Gasteiger partial charge in [0.2, 0.25) is 11.8 Å². The maximum Gasteiger partial charge on any atom is 0.248 e. The number of hydrogen-bond donors (Lipinski definition) is 4. The highest BCUT2D eigenvalue weighted by Crippen LogP contribution is 2.37. The lowest BCUT2D eigenvalue weighted by molar-refractivity contribution is -0.130. The summed E-state index contributed by atoms with van der Waals surface area (Å²) < 4.78 is 55.1. The van der Waals surface area contributed by atoms with E-state index < -0.39 is 17.9 Å². The lowest BCUT2D eigenvalue weighted by atomic mass is 9.86. The van der Waals surface area contributed by atoms with Gasteiger partial charge in [-0.25, -0.2) is 8.78 Å². The van der Waals surface area contributed by atoms with Gasteiger partial charge in [-0.2, -0.15) is 0 Å². The van der Waals surface area contributed by atoms with E-state index in [9.17, 15) is 18.4 Å². The molecule has 3 aliphatic rings. The first-order valence-electron chi connectivity index (χ1n) is 21.0. The van der Waals surface area contributed by atoms with Crippen molar-refractivity contribution in [3.8, 4) is 17.6 Å². The monoisotopic (exact) mass is 821 g/mol. The predicted octanol–water partition coefficient (Wildman–Crippen LogP) is 6.30. The molecule has 1 saturated carbocycles. The van der Waals surface area contributed by atoms with Gasteiger partial charge in [0.15, 0.2) is 0 Å². The number of amides is 1. The first-order chi connectivity index (χ1) is 28.5. The Kier molecular flexibility index (Phi) is 18.3. The van der Waals surface area contributed by atoms with E-state index in [4.69, 9.17) is 34.5 Å². The smallest absolute Gasteiger partial charge is 0.248 e. The van der Waals surface area contributed by atoms with Gasteiger partial charge < -0.3 is 44.0 Å². The van der Waals surface area contributed by atoms with Crippen molar-refractivity contribution in [3.05, 3.63) is 65.2 Å². The number of alkyl halides is 2. The van der Waals surface area contributed by atoms with Crippen molar-refractivity contribution in [1.29, 1.82) is 10.8 Å². The lowest BCUT2D eigenvalue weighted by Gasteiger charge is -2.40. The Morgan fingerprint density at radius 3 is 2.02 bits per heavy atom. The van der Waals surface area contributed by atoms with Crippen LogP contribution in [0, 0.1) is 34.5 Å². The Bertz CT molecular complexity index is 1690. The molecule has 2 aromatic rings. The van der Waals surface area contributed by atoms with Crippen LogP contribution >= 0.6 is 0 Å². The van der Waals surface area contributed by atoms with Crippen molar-refractivity contribution < 1.29 is 42.1 Å². The van der Waals surface area contributed by atoms with E-state index in [1.54, 1.807) is 24.3 Å². The van der Waals surface area contributed by atoms with Crippen molar-refractivity contribution in [1.82, 2.24) is 15.5 Å². The summed E-state index contributed by atoms with van der Waals surface area (Å²) in [6, 6.07) is 15.3. The third-order valence-corrected chi connectivity index (χ3v) is 11.1. The predicted molar refractivity (Wildman–Crippen MR) is 221 cm³/mol. The average Bonchev–Trinajstić information content (AvgIpc) is 3.57. The normalized spacial score (nSPS) is 20.3. The van der Waals surface area contributed by atoms with Gasteiger partial charge in [0.05, 0.1) is 52.3 Å². The molecule has 3 atom stereocenters. The minimum Gasteiger partial charge on any atom is -0.491 e. The number of ether oxygens (including phenoxy) is 5. The molecule has 12 nitrogen and oxygen atoms in total. The average molecular weight is 822 g/mol. The zero-order valence-corrected chi connectivity index (χ0v) is 34.4. The van der Waals surface area contributed by atoms with Gasteiger partial charge in [0.25, 0.3) is 0 Å². The van der Waals surface area contributed by atoms with E-state index in [-0.39, 0.29) is 56.6 Å². The Labute approximate surface area is 347 Å². The fourth-order valence-electron chi connectivity index (χ4n) is 7.77. The molecule has 2 saturated heterocycles. The van der Waals surface area contributed by atoms with Crippen LogP contribution in [-0.2, 0) is 28.5 Å². The summed E-state index contributed by atoms with van der Waals surface area (Å²) in [6.07, 6.45) is 4.78. The summed E-state index contributed by atoms with van der Waals surface area (Å²) >= 11 is 0. The van der Waals surface area contributed by atoms with Crippen LogP contribution in [0.3, 0.4) is 0 Å². The molecule has 0 aromatic heterocycles. The van der Waals surface area contributed by atoms with Crippen LogP contribution < -0.4 is 15.4 Å². The molecule has 2 aliphatic heterocycles. The maximum atomic E-state index is 13.5. The van der Waals surface area contributed by atoms with E-state index in [1.165, 1.54) is 12.8 Å².